The second-order valence-corrected chi connectivity index (χ2v) is 6.91. The maximum atomic E-state index is 12.7. The minimum absolute atomic E-state index is 0.205. The second-order valence-electron chi connectivity index (χ2n) is 4.85. The average molecular weight is 306 g/mol. The number of rotatable bonds is 7. The quantitative estimate of drug-likeness (QED) is 0.530. The molecule has 0 saturated heterocycles. The monoisotopic (exact) mass is 306 g/mol. The third-order valence-corrected chi connectivity index (χ3v) is 4.84. The second kappa shape index (κ2) is 5.26. The number of hydrogen-bond acceptors (Lipinski definition) is 4. The highest BCUT2D eigenvalue weighted by molar-refractivity contribution is 7.91. The van der Waals surface area contributed by atoms with E-state index in [2.05, 4.69) is 4.74 Å². The number of carbonyl (C=O) groups excluding carboxylic acids is 1. The van der Waals surface area contributed by atoms with Crippen LogP contribution in [-0.4, -0.2) is 45.4 Å². The van der Waals surface area contributed by atoms with E-state index >= 15 is 0 Å². The molecular weight excluding hydrogens is 292 g/mol. The Morgan fingerprint density at radius 2 is 1.89 bits per heavy atom. The summed E-state index contributed by atoms with van der Waals surface area (Å²) in [4.78, 5) is 11.1. The van der Waals surface area contributed by atoms with E-state index in [-0.39, 0.29) is 6.42 Å². The van der Waals surface area contributed by atoms with E-state index < -0.39 is 45.1 Å². The molecule has 0 bridgehead atoms. The fourth-order valence-corrected chi connectivity index (χ4v) is 3.94. The molecule has 112 valence electrons. The zero-order valence-corrected chi connectivity index (χ0v) is 11.0. The Hall–Kier alpha value is -0.860. The Kier molecular flexibility index (Phi) is 4.48. The van der Waals surface area contributed by atoms with Crippen LogP contribution in [0.4, 0.5) is 17.6 Å². The number of esters is 1. The van der Waals surface area contributed by atoms with Gasteiger partial charge in [0.25, 0.3) is 0 Å². The first-order valence-corrected chi connectivity index (χ1v) is 7.27. The molecule has 0 aromatic rings. The van der Waals surface area contributed by atoms with Crippen LogP contribution >= 0.6 is 0 Å². The molecule has 0 heterocycles. The highest BCUT2D eigenvalue weighted by atomic mass is 32.2. The van der Waals surface area contributed by atoms with Gasteiger partial charge in [-0.25, -0.2) is 17.2 Å². The number of hydrogen-bond donors (Lipinski definition) is 0. The normalized spacial score (nSPS) is 18.4. The molecule has 0 aromatic carbocycles. The topological polar surface area (TPSA) is 60.4 Å². The molecule has 1 saturated carbocycles. The molecule has 1 aliphatic carbocycles. The molecule has 19 heavy (non-hydrogen) atoms. The highest BCUT2D eigenvalue weighted by Gasteiger charge is 2.51. The van der Waals surface area contributed by atoms with E-state index in [4.69, 9.17) is 0 Å². The van der Waals surface area contributed by atoms with Gasteiger partial charge in [0.2, 0.25) is 0 Å². The van der Waals surface area contributed by atoms with Gasteiger partial charge < -0.3 is 4.74 Å². The van der Waals surface area contributed by atoms with Crippen molar-refractivity contribution in [3.8, 4) is 0 Å². The Morgan fingerprint density at radius 1 is 1.37 bits per heavy atom. The summed E-state index contributed by atoms with van der Waals surface area (Å²) in [6.45, 7) is 0. The van der Waals surface area contributed by atoms with Crippen molar-refractivity contribution in [2.45, 2.75) is 31.6 Å². The van der Waals surface area contributed by atoms with Crippen LogP contribution in [0.25, 0.3) is 0 Å². The van der Waals surface area contributed by atoms with Crippen molar-refractivity contribution in [2.24, 2.45) is 5.41 Å². The van der Waals surface area contributed by atoms with Crippen molar-refractivity contribution in [3.05, 3.63) is 0 Å². The van der Waals surface area contributed by atoms with Crippen LogP contribution in [-0.2, 0) is 19.4 Å². The van der Waals surface area contributed by atoms with Gasteiger partial charge in [0.15, 0.2) is 9.84 Å². The molecule has 0 unspecified atom stereocenters. The summed E-state index contributed by atoms with van der Waals surface area (Å²) in [6, 6.07) is 0. The van der Waals surface area contributed by atoms with Gasteiger partial charge in [0, 0.05) is 0 Å². The minimum atomic E-state index is -4.57. The zero-order chi connectivity index (χ0) is 14.9. The molecule has 0 radical (unpaired) electrons. The Balaban J connectivity index is 2.68. The van der Waals surface area contributed by atoms with Crippen LogP contribution in [0.1, 0.15) is 19.3 Å². The van der Waals surface area contributed by atoms with Crippen LogP contribution in [0.15, 0.2) is 0 Å². The Labute approximate surface area is 108 Å². The summed E-state index contributed by atoms with van der Waals surface area (Å²) >= 11 is 0. The molecule has 0 aromatic heterocycles. The van der Waals surface area contributed by atoms with Gasteiger partial charge in [0.05, 0.1) is 19.3 Å². The molecule has 1 fully saturated rings. The van der Waals surface area contributed by atoms with Crippen LogP contribution in [0.5, 0.6) is 0 Å². The first kappa shape index (κ1) is 16.2. The molecule has 1 aliphatic rings. The SMILES string of the molecule is COC(=O)CC1(CS(=O)(=O)CC(F)(F)C(F)F)CC1. The van der Waals surface area contributed by atoms with E-state index in [0.717, 1.165) is 7.11 Å². The summed E-state index contributed by atoms with van der Waals surface area (Å²) in [5, 5.41) is 0. The smallest absolute Gasteiger partial charge is 0.321 e. The van der Waals surface area contributed by atoms with E-state index in [1.165, 1.54) is 0 Å². The molecule has 9 heteroatoms. The lowest BCUT2D eigenvalue weighted by molar-refractivity contribution is -0.141. The fourth-order valence-electron chi connectivity index (χ4n) is 1.80. The van der Waals surface area contributed by atoms with E-state index in [9.17, 15) is 30.8 Å². The fraction of sp³-hybridized carbons (Fsp3) is 0.900. The first-order valence-electron chi connectivity index (χ1n) is 5.45. The molecule has 0 aliphatic heterocycles. The number of sulfone groups is 1. The lowest BCUT2D eigenvalue weighted by Crippen LogP contribution is -2.37. The molecule has 0 spiro atoms. The summed E-state index contributed by atoms with van der Waals surface area (Å²) in [7, 11) is -3.25. The van der Waals surface area contributed by atoms with Gasteiger partial charge in [-0.2, -0.15) is 8.78 Å². The maximum Gasteiger partial charge on any atom is 0.321 e. The third-order valence-electron chi connectivity index (χ3n) is 2.96. The lowest BCUT2D eigenvalue weighted by Gasteiger charge is -2.18. The van der Waals surface area contributed by atoms with Gasteiger partial charge in [-0.1, -0.05) is 0 Å². The van der Waals surface area contributed by atoms with Gasteiger partial charge in [-0.3, -0.25) is 4.79 Å². The first-order chi connectivity index (χ1) is 8.52. The third kappa shape index (κ3) is 4.63. The van der Waals surface area contributed by atoms with Crippen molar-refractivity contribution in [1.29, 1.82) is 0 Å². The molecule has 0 atom stereocenters. The average Bonchev–Trinajstić information content (AvgIpc) is 2.94. The van der Waals surface area contributed by atoms with Crippen LogP contribution in [0.3, 0.4) is 0 Å². The molecular formula is C10H14F4O4S. The van der Waals surface area contributed by atoms with E-state index in [1.54, 1.807) is 0 Å². The van der Waals surface area contributed by atoms with E-state index in [1.807, 2.05) is 0 Å². The van der Waals surface area contributed by atoms with Crippen molar-refractivity contribution in [3.63, 3.8) is 0 Å². The van der Waals surface area contributed by atoms with Crippen molar-refractivity contribution in [1.82, 2.24) is 0 Å². The van der Waals surface area contributed by atoms with E-state index in [0.29, 0.717) is 12.8 Å². The Bertz CT molecular complexity index is 442. The largest absolute Gasteiger partial charge is 0.469 e. The Morgan fingerprint density at radius 3 is 2.26 bits per heavy atom. The zero-order valence-electron chi connectivity index (χ0n) is 10.2. The van der Waals surface area contributed by atoms with Gasteiger partial charge in [0.1, 0.15) is 5.75 Å². The van der Waals surface area contributed by atoms with Crippen molar-refractivity contribution < 1.29 is 35.5 Å². The number of carbonyl (C=O) groups is 1. The molecule has 4 nitrogen and oxygen atoms in total. The standard InChI is InChI=1S/C10H14F4O4S/c1-18-7(15)4-9(2-3-9)5-19(16,17)6-10(13,14)8(11)12/h8H,2-6H2,1H3. The predicted octanol–water partition coefficient (Wildman–Crippen LogP) is 1.64. The van der Waals surface area contributed by atoms with Crippen LogP contribution in [0, 0.1) is 5.41 Å². The highest BCUT2D eigenvalue weighted by Crippen LogP contribution is 2.50. The van der Waals surface area contributed by atoms with Gasteiger partial charge >= 0.3 is 18.3 Å². The van der Waals surface area contributed by atoms with Crippen LogP contribution < -0.4 is 0 Å². The summed E-state index contributed by atoms with van der Waals surface area (Å²) < 4.78 is 76.8. The van der Waals surface area contributed by atoms with Gasteiger partial charge in [-0.15, -0.1) is 0 Å². The minimum Gasteiger partial charge on any atom is -0.469 e. The molecule has 0 N–H and O–H groups in total. The lowest BCUT2D eigenvalue weighted by atomic mass is 10.1. The summed E-state index contributed by atoms with van der Waals surface area (Å²) in [5.41, 5.74) is -0.926. The molecule has 0 amide bonds. The van der Waals surface area contributed by atoms with Crippen LogP contribution in [0.2, 0.25) is 0 Å². The number of methoxy groups -OCH3 is 1. The number of halogens is 4. The maximum absolute atomic E-state index is 12.7. The van der Waals surface area contributed by atoms with Crippen molar-refractivity contribution >= 4 is 15.8 Å². The van der Waals surface area contributed by atoms with Gasteiger partial charge in [-0.05, 0) is 18.3 Å². The predicted molar refractivity (Wildman–Crippen MR) is 57.9 cm³/mol. The van der Waals surface area contributed by atoms with Crippen molar-refractivity contribution in [2.75, 3.05) is 18.6 Å². The summed E-state index contributed by atoms with van der Waals surface area (Å²) in [6.07, 6.45) is -3.48. The number of ether oxygens (including phenoxy) is 1. The molecule has 1 rings (SSSR count). The summed E-state index contributed by atoms with van der Waals surface area (Å²) in [5.74, 6) is -7.81. The number of alkyl halides is 4.